The molecule has 0 amide bonds. The maximum absolute atomic E-state index is 3.71. The summed E-state index contributed by atoms with van der Waals surface area (Å²) in [5.41, 5.74) is 2.78. The highest BCUT2D eigenvalue weighted by Crippen LogP contribution is 2.34. The standard InChI is InChI=1S/C16H20N2/c1-2-4-13(5-3-1)10-16(15-6-7-15)18-12-14-8-9-17-11-14/h1-5,8-9,11,15-18H,6-7,10,12H2. The predicted octanol–water partition coefficient (Wildman–Crippen LogP) is 3.13. The number of aromatic amines is 1. The predicted molar refractivity (Wildman–Crippen MR) is 74.3 cm³/mol. The van der Waals surface area contributed by atoms with Crippen molar-refractivity contribution in [1.29, 1.82) is 0 Å². The van der Waals surface area contributed by atoms with Crippen molar-refractivity contribution in [2.75, 3.05) is 0 Å². The molecule has 2 aromatic rings. The third-order valence-corrected chi connectivity index (χ3v) is 3.72. The minimum Gasteiger partial charge on any atom is -0.367 e. The normalized spacial score (nSPS) is 16.7. The van der Waals surface area contributed by atoms with Gasteiger partial charge in [-0.3, -0.25) is 0 Å². The largest absolute Gasteiger partial charge is 0.367 e. The minimum atomic E-state index is 0.627. The Hall–Kier alpha value is -1.54. The number of aromatic nitrogens is 1. The summed E-state index contributed by atoms with van der Waals surface area (Å²) in [6.45, 7) is 0.970. The van der Waals surface area contributed by atoms with Gasteiger partial charge in [-0.15, -0.1) is 0 Å². The van der Waals surface area contributed by atoms with E-state index in [0.717, 1.165) is 18.9 Å². The number of rotatable bonds is 6. The van der Waals surface area contributed by atoms with Crippen LogP contribution in [0, 0.1) is 5.92 Å². The van der Waals surface area contributed by atoms with Gasteiger partial charge in [0.1, 0.15) is 0 Å². The molecule has 0 radical (unpaired) electrons. The van der Waals surface area contributed by atoms with Crippen LogP contribution >= 0.6 is 0 Å². The summed E-state index contributed by atoms with van der Waals surface area (Å²) in [4.78, 5) is 3.11. The topological polar surface area (TPSA) is 27.8 Å². The van der Waals surface area contributed by atoms with Crippen molar-refractivity contribution in [3.63, 3.8) is 0 Å². The lowest BCUT2D eigenvalue weighted by Crippen LogP contribution is -2.32. The first kappa shape index (κ1) is 11.5. The molecule has 2 nitrogen and oxygen atoms in total. The van der Waals surface area contributed by atoms with Gasteiger partial charge in [0.2, 0.25) is 0 Å². The van der Waals surface area contributed by atoms with Crippen LogP contribution in [0.25, 0.3) is 0 Å². The number of hydrogen-bond acceptors (Lipinski definition) is 1. The molecule has 0 bridgehead atoms. The number of benzene rings is 1. The molecular weight excluding hydrogens is 220 g/mol. The van der Waals surface area contributed by atoms with Gasteiger partial charge >= 0.3 is 0 Å². The third-order valence-electron chi connectivity index (χ3n) is 3.72. The second-order valence-corrected chi connectivity index (χ2v) is 5.23. The highest BCUT2D eigenvalue weighted by Gasteiger charge is 2.30. The highest BCUT2D eigenvalue weighted by molar-refractivity contribution is 5.17. The van der Waals surface area contributed by atoms with Crippen LogP contribution in [0.3, 0.4) is 0 Å². The van der Waals surface area contributed by atoms with Crippen LogP contribution in [0.15, 0.2) is 48.8 Å². The van der Waals surface area contributed by atoms with E-state index in [4.69, 9.17) is 0 Å². The lowest BCUT2D eigenvalue weighted by molar-refractivity contribution is 0.458. The van der Waals surface area contributed by atoms with Crippen molar-refractivity contribution < 1.29 is 0 Å². The molecule has 2 heteroatoms. The second-order valence-electron chi connectivity index (χ2n) is 5.23. The van der Waals surface area contributed by atoms with Crippen LogP contribution in [0.2, 0.25) is 0 Å². The van der Waals surface area contributed by atoms with E-state index >= 15 is 0 Å². The fraction of sp³-hybridized carbons (Fsp3) is 0.375. The van der Waals surface area contributed by atoms with Gasteiger partial charge in [0.25, 0.3) is 0 Å². The van der Waals surface area contributed by atoms with Crippen molar-refractivity contribution >= 4 is 0 Å². The lowest BCUT2D eigenvalue weighted by atomic mass is 10.0. The van der Waals surface area contributed by atoms with E-state index in [2.05, 4.69) is 52.9 Å². The highest BCUT2D eigenvalue weighted by atomic mass is 14.9. The van der Waals surface area contributed by atoms with Gasteiger partial charge in [-0.25, -0.2) is 0 Å². The molecule has 1 aromatic carbocycles. The zero-order chi connectivity index (χ0) is 12.2. The Labute approximate surface area is 108 Å². The SMILES string of the molecule is c1ccc(CC(NCc2cc[nH]c2)C2CC2)cc1. The van der Waals surface area contributed by atoms with E-state index in [9.17, 15) is 0 Å². The van der Waals surface area contributed by atoms with Crippen LogP contribution in [-0.2, 0) is 13.0 Å². The van der Waals surface area contributed by atoms with Gasteiger partial charge in [-0.05, 0) is 42.4 Å². The van der Waals surface area contributed by atoms with Crippen molar-refractivity contribution in [3.05, 3.63) is 59.9 Å². The fourth-order valence-electron chi connectivity index (χ4n) is 2.49. The maximum atomic E-state index is 3.71. The molecule has 3 rings (SSSR count). The molecule has 1 saturated carbocycles. The molecule has 2 N–H and O–H groups in total. The van der Waals surface area contributed by atoms with Crippen LogP contribution in [0.5, 0.6) is 0 Å². The Bertz CT molecular complexity index is 457. The zero-order valence-electron chi connectivity index (χ0n) is 10.6. The smallest absolute Gasteiger partial charge is 0.0223 e. The van der Waals surface area contributed by atoms with Crippen molar-refractivity contribution in [1.82, 2.24) is 10.3 Å². The van der Waals surface area contributed by atoms with E-state index < -0.39 is 0 Å². The Morgan fingerprint density at radius 1 is 1.11 bits per heavy atom. The lowest BCUT2D eigenvalue weighted by Gasteiger charge is -2.18. The van der Waals surface area contributed by atoms with Crippen LogP contribution in [0.1, 0.15) is 24.0 Å². The first-order valence-corrected chi connectivity index (χ1v) is 6.81. The molecule has 1 aromatic heterocycles. The fourth-order valence-corrected chi connectivity index (χ4v) is 2.49. The van der Waals surface area contributed by atoms with Crippen LogP contribution < -0.4 is 5.32 Å². The summed E-state index contributed by atoms with van der Waals surface area (Å²) < 4.78 is 0. The van der Waals surface area contributed by atoms with Gasteiger partial charge in [-0.2, -0.15) is 0 Å². The van der Waals surface area contributed by atoms with Gasteiger partial charge < -0.3 is 10.3 Å². The van der Waals surface area contributed by atoms with Crippen LogP contribution in [0.4, 0.5) is 0 Å². The van der Waals surface area contributed by atoms with Gasteiger partial charge in [0.05, 0.1) is 0 Å². The zero-order valence-corrected chi connectivity index (χ0v) is 10.6. The van der Waals surface area contributed by atoms with E-state index in [1.165, 1.54) is 24.0 Å². The van der Waals surface area contributed by atoms with E-state index in [1.807, 2.05) is 6.20 Å². The third kappa shape index (κ3) is 3.02. The summed E-state index contributed by atoms with van der Waals surface area (Å²) >= 11 is 0. The molecule has 1 aliphatic carbocycles. The molecule has 1 atom stereocenters. The first-order valence-electron chi connectivity index (χ1n) is 6.81. The molecule has 1 heterocycles. The molecule has 1 fully saturated rings. The summed E-state index contributed by atoms with van der Waals surface area (Å²) in [7, 11) is 0. The Morgan fingerprint density at radius 2 is 1.94 bits per heavy atom. The number of H-pyrrole nitrogens is 1. The first-order chi connectivity index (χ1) is 8.92. The molecule has 1 unspecified atom stereocenters. The Balaban J connectivity index is 1.58. The average molecular weight is 240 g/mol. The van der Waals surface area contributed by atoms with E-state index in [1.54, 1.807) is 0 Å². The van der Waals surface area contributed by atoms with Gasteiger partial charge in [-0.1, -0.05) is 30.3 Å². The molecule has 0 saturated heterocycles. The Morgan fingerprint density at radius 3 is 2.61 bits per heavy atom. The molecule has 1 aliphatic rings. The number of nitrogens with one attached hydrogen (secondary N) is 2. The molecule has 0 aliphatic heterocycles. The Kier molecular flexibility index (Phi) is 3.47. The molecule has 94 valence electrons. The van der Waals surface area contributed by atoms with Gasteiger partial charge in [0, 0.05) is 25.0 Å². The summed E-state index contributed by atoms with van der Waals surface area (Å²) in [6.07, 6.45) is 7.98. The van der Waals surface area contributed by atoms with Crippen molar-refractivity contribution in [2.45, 2.75) is 31.8 Å². The number of hydrogen-bond donors (Lipinski definition) is 2. The summed E-state index contributed by atoms with van der Waals surface area (Å²) in [5, 5.41) is 3.71. The second kappa shape index (κ2) is 5.40. The summed E-state index contributed by atoms with van der Waals surface area (Å²) in [6, 6.07) is 13.6. The quantitative estimate of drug-likeness (QED) is 0.797. The monoisotopic (exact) mass is 240 g/mol. The van der Waals surface area contributed by atoms with Crippen molar-refractivity contribution in [2.24, 2.45) is 5.92 Å². The average Bonchev–Trinajstić information content (AvgIpc) is 3.12. The van der Waals surface area contributed by atoms with E-state index in [-0.39, 0.29) is 0 Å². The van der Waals surface area contributed by atoms with Gasteiger partial charge in [0.15, 0.2) is 0 Å². The van der Waals surface area contributed by atoms with E-state index in [0.29, 0.717) is 6.04 Å². The van der Waals surface area contributed by atoms with Crippen molar-refractivity contribution in [3.8, 4) is 0 Å². The molecule has 0 spiro atoms. The van der Waals surface area contributed by atoms with Crippen LogP contribution in [-0.4, -0.2) is 11.0 Å². The molecule has 18 heavy (non-hydrogen) atoms. The summed E-state index contributed by atoms with van der Waals surface area (Å²) in [5.74, 6) is 0.879. The minimum absolute atomic E-state index is 0.627. The maximum Gasteiger partial charge on any atom is 0.0223 e. The molecular formula is C16H20N2.